The zero-order chi connectivity index (χ0) is 15.6. The summed E-state index contributed by atoms with van der Waals surface area (Å²) in [4.78, 5) is 15.5. The van der Waals surface area contributed by atoms with Gasteiger partial charge in [0.05, 0.1) is 11.3 Å². The summed E-state index contributed by atoms with van der Waals surface area (Å²) in [5.74, 6) is -1.34. The SMILES string of the molecule is NS(=O)(=O)c1ccc(F)cc1NC(=O)c1cncc(Br)c1. The van der Waals surface area contributed by atoms with Gasteiger partial charge in [-0.25, -0.2) is 17.9 Å². The van der Waals surface area contributed by atoms with Gasteiger partial charge in [-0.05, 0) is 40.2 Å². The molecular weight excluding hydrogens is 365 g/mol. The van der Waals surface area contributed by atoms with Gasteiger partial charge in [0, 0.05) is 16.9 Å². The van der Waals surface area contributed by atoms with E-state index in [1.807, 2.05) is 0 Å². The number of hydrogen-bond acceptors (Lipinski definition) is 4. The molecule has 0 bridgehead atoms. The van der Waals surface area contributed by atoms with Crippen LogP contribution in [0.15, 0.2) is 46.0 Å². The molecule has 110 valence electrons. The number of primary sulfonamides is 1. The van der Waals surface area contributed by atoms with Crippen molar-refractivity contribution in [3.05, 3.63) is 52.5 Å². The lowest BCUT2D eigenvalue weighted by Gasteiger charge is -2.10. The number of amides is 1. The Kier molecular flexibility index (Phi) is 4.35. The molecule has 0 fully saturated rings. The highest BCUT2D eigenvalue weighted by Gasteiger charge is 2.17. The van der Waals surface area contributed by atoms with E-state index in [2.05, 4.69) is 26.2 Å². The molecule has 0 saturated heterocycles. The molecule has 0 unspecified atom stereocenters. The Morgan fingerprint density at radius 1 is 1.29 bits per heavy atom. The number of halogens is 2. The Morgan fingerprint density at radius 2 is 2.00 bits per heavy atom. The number of aromatic nitrogens is 1. The topological polar surface area (TPSA) is 102 Å². The summed E-state index contributed by atoms with van der Waals surface area (Å²) >= 11 is 3.16. The Labute approximate surface area is 128 Å². The normalized spacial score (nSPS) is 11.2. The van der Waals surface area contributed by atoms with Gasteiger partial charge >= 0.3 is 0 Å². The van der Waals surface area contributed by atoms with Crippen molar-refractivity contribution in [1.82, 2.24) is 4.98 Å². The monoisotopic (exact) mass is 373 g/mol. The van der Waals surface area contributed by atoms with Gasteiger partial charge in [-0.15, -0.1) is 0 Å². The number of sulfonamides is 1. The third-order valence-electron chi connectivity index (χ3n) is 2.46. The molecule has 6 nitrogen and oxygen atoms in total. The zero-order valence-corrected chi connectivity index (χ0v) is 12.8. The molecule has 1 aromatic carbocycles. The van der Waals surface area contributed by atoms with Crippen molar-refractivity contribution < 1.29 is 17.6 Å². The molecule has 21 heavy (non-hydrogen) atoms. The predicted molar refractivity (Wildman–Crippen MR) is 77.7 cm³/mol. The number of anilines is 1. The van der Waals surface area contributed by atoms with Crippen LogP contribution in [0.2, 0.25) is 0 Å². The van der Waals surface area contributed by atoms with E-state index in [1.165, 1.54) is 18.5 Å². The predicted octanol–water partition coefficient (Wildman–Crippen LogP) is 1.88. The molecule has 1 amide bonds. The fraction of sp³-hybridized carbons (Fsp3) is 0. The van der Waals surface area contributed by atoms with E-state index in [0.717, 1.165) is 18.2 Å². The molecule has 2 rings (SSSR count). The van der Waals surface area contributed by atoms with E-state index in [-0.39, 0.29) is 16.1 Å². The summed E-state index contributed by atoms with van der Waals surface area (Å²) in [6.45, 7) is 0. The summed E-state index contributed by atoms with van der Waals surface area (Å²) < 4.78 is 36.7. The third-order valence-corrected chi connectivity index (χ3v) is 3.87. The van der Waals surface area contributed by atoms with E-state index >= 15 is 0 Å². The van der Waals surface area contributed by atoms with Gasteiger partial charge in [0.2, 0.25) is 10.0 Å². The van der Waals surface area contributed by atoms with E-state index in [0.29, 0.717) is 4.47 Å². The first kappa shape index (κ1) is 15.5. The molecule has 0 radical (unpaired) electrons. The lowest BCUT2D eigenvalue weighted by atomic mass is 10.2. The lowest BCUT2D eigenvalue weighted by molar-refractivity contribution is 0.102. The van der Waals surface area contributed by atoms with Crippen LogP contribution in [0.25, 0.3) is 0 Å². The highest BCUT2D eigenvalue weighted by Crippen LogP contribution is 2.22. The fourth-order valence-corrected chi connectivity index (χ4v) is 2.62. The van der Waals surface area contributed by atoms with Crippen LogP contribution in [-0.2, 0) is 10.0 Å². The van der Waals surface area contributed by atoms with Crippen molar-refractivity contribution in [3.63, 3.8) is 0 Å². The van der Waals surface area contributed by atoms with Gasteiger partial charge in [-0.3, -0.25) is 9.78 Å². The quantitative estimate of drug-likeness (QED) is 0.857. The maximum atomic E-state index is 13.2. The van der Waals surface area contributed by atoms with E-state index < -0.39 is 21.7 Å². The number of rotatable bonds is 3. The molecule has 2 aromatic rings. The van der Waals surface area contributed by atoms with Gasteiger partial charge in [0.25, 0.3) is 5.91 Å². The number of hydrogen-bond donors (Lipinski definition) is 2. The van der Waals surface area contributed by atoms with Crippen LogP contribution in [0.1, 0.15) is 10.4 Å². The molecule has 9 heteroatoms. The minimum atomic E-state index is -4.09. The van der Waals surface area contributed by atoms with Gasteiger partial charge in [-0.1, -0.05) is 0 Å². The Morgan fingerprint density at radius 3 is 2.62 bits per heavy atom. The molecule has 0 aliphatic heterocycles. The molecule has 1 aromatic heterocycles. The maximum Gasteiger partial charge on any atom is 0.257 e. The fourth-order valence-electron chi connectivity index (χ4n) is 1.58. The van der Waals surface area contributed by atoms with Crippen molar-refractivity contribution in [3.8, 4) is 0 Å². The van der Waals surface area contributed by atoms with E-state index in [9.17, 15) is 17.6 Å². The molecule has 0 saturated carbocycles. The summed E-state index contributed by atoms with van der Waals surface area (Å²) in [6.07, 6.45) is 2.77. The Hall–Kier alpha value is -1.84. The number of carbonyl (C=O) groups is 1. The highest BCUT2D eigenvalue weighted by molar-refractivity contribution is 9.10. The van der Waals surface area contributed by atoms with Crippen LogP contribution >= 0.6 is 15.9 Å². The largest absolute Gasteiger partial charge is 0.321 e. The standard InChI is InChI=1S/C12H9BrFN3O3S/c13-8-3-7(5-16-6-8)12(18)17-10-4-9(14)1-2-11(10)21(15,19)20/h1-6H,(H,17,18)(H2,15,19,20). The number of benzene rings is 1. The minimum absolute atomic E-state index is 0.175. The summed E-state index contributed by atoms with van der Waals surface area (Å²) in [5, 5.41) is 7.33. The number of carbonyl (C=O) groups excluding carboxylic acids is 1. The van der Waals surface area contributed by atoms with Gasteiger partial charge in [0.1, 0.15) is 10.7 Å². The number of nitrogens with one attached hydrogen (secondary N) is 1. The summed E-state index contributed by atoms with van der Waals surface area (Å²) in [5.41, 5.74) is -0.0588. The van der Waals surface area contributed by atoms with Crippen molar-refractivity contribution >= 4 is 37.5 Å². The highest BCUT2D eigenvalue weighted by atomic mass is 79.9. The second-order valence-electron chi connectivity index (χ2n) is 4.03. The molecule has 1 heterocycles. The first-order valence-corrected chi connectivity index (χ1v) is 7.85. The molecular formula is C12H9BrFN3O3S. The van der Waals surface area contributed by atoms with E-state index in [4.69, 9.17) is 5.14 Å². The lowest BCUT2D eigenvalue weighted by Crippen LogP contribution is -2.18. The third kappa shape index (κ3) is 3.84. The van der Waals surface area contributed by atoms with Gasteiger partial charge < -0.3 is 5.32 Å². The van der Waals surface area contributed by atoms with Crippen LogP contribution in [0.5, 0.6) is 0 Å². The summed E-state index contributed by atoms with van der Waals surface area (Å²) in [7, 11) is -4.09. The van der Waals surface area contributed by atoms with Crippen molar-refractivity contribution in [2.24, 2.45) is 5.14 Å². The second-order valence-corrected chi connectivity index (χ2v) is 6.48. The van der Waals surface area contributed by atoms with Crippen LogP contribution in [-0.4, -0.2) is 19.3 Å². The molecule has 3 N–H and O–H groups in total. The average molecular weight is 374 g/mol. The number of nitrogens with zero attached hydrogens (tertiary/aromatic N) is 1. The van der Waals surface area contributed by atoms with Gasteiger partial charge in [0.15, 0.2) is 0 Å². The first-order chi connectivity index (χ1) is 9.77. The van der Waals surface area contributed by atoms with Crippen LogP contribution in [0, 0.1) is 5.82 Å². The smallest absolute Gasteiger partial charge is 0.257 e. The number of pyridine rings is 1. The number of nitrogens with two attached hydrogens (primary N) is 1. The van der Waals surface area contributed by atoms with Crippen LogP contribution in [0.3, 0.4) is 0 Å². The molecule has 0 aliphatic rings. The zero-order valence-electron chi connectivity index (χ0n) is 10.4. The minimum Gasteiger partial charge on any atom is -0.321 e. The molecule has 0 atom stereocenters. The molecule has 0 spiro atoms. The van der Waals surface area contributed by atoms with Gasteiger partial charge in [-0.2, -0.15) is 0 Å². The second kappa shape index (κ2) is 5.88. The van der Waals surface area contributed by atoms with Crippen molar-refractivity contribution in [1.29, 1.82) is 0 Å². The van der Waals surface area contributed by atoms with E-state index in [1.54, 1.807) is 0 Å². The molecule has 0 aliphatic carbocycles. The van der Waals surface area contributed by atoms with Crippen LogP contribution in [0.4, 0.5) is 10.1 Å². The summed E-state index contributed by atoms with van der Waals surface area (Å²) in [6, 6.07) is 4.29. The first-order valence-electron chi connectivity index (χ1n) is 5.51. The maximum absolute atomic E-state index is 13.2. The average Bonchev–Trinajstić information content (AvgIpc) is 2.37. The Bertz CT molecular complexity index is 811. The van der Waals surface area contributed by atoms with Crippen molar-refractivity contribution in [2.45, 2.75) is 4.90 Å². The Balaban J connectivity index is 2.40. The van der Waals surface area contributed by atoms with Crippen molar-refractivity contribution in [2.75, 3.05) is 5.32 Å². The van der Waals surface area contributed by atoms with Crippen LogP contribution < -0.4 is 10.5 Å².